The molecular weight excluding hydrogens is 180 g/mol. The Morgan fingerprint density at radius 3 is 3.21 bits per heavy atom. The molecule has 1 aliphatic heterocycles. The number of aromatic nitrogens is 3. The highest BCUT2D eigenvalue weighted by atomic mass is 16.5. The number of nitrogens with zero attached hydrogens (tertiary/aromatic N) is 3. The van der Waals surface area contributed by atoms with Crippen LogP contribution in [0.1, 0.15) is 18.7 Å². The molecule has 0 radical (unpaired) electrons. The van der Waals surface area contributed by atoms with E-state index in [1.54, 1.807) is 6.33 Å². The van der Waals surface area contributed by atoms with Gasteiger partial charge in [-0.3, -0.25) is 0 Å². The van der Waals surface area contributed by atoms with Crippen LogP contribution in [0.4, 0.5) is 0 Å². The molecule has 14 heavy (non-hydrogen) atoms. The molecule has 1 aliphatic rings. The van der Waals surface area contributed by atoms with Gasteiger partial charge in [0.1, 0.15) is 12.2 Å². The fourth-order valence-electron chi connectivity index (χ4n) is 1.90. The lowest BCUT2D eigenvalue weighted by Gasteiger charge is -2.16. The minimum atomic E-state index is 0.336. The van der Waals surface area contributed by atoms with Crippen LogP contribution in [-0.2, 0) is 11.3 Å². The molecule has 0 amide bonds. The second-order valence-corrected chi connectivity index (χ2v) is 3.47. The molecule has 78 valence electrons. The molecule has 1 aromatic rings. The van der Waals surface area contributed by atoms with Crippen molar-refractivity contribution in [1.82, 2.24) is 20.1 Å². The predicted octanol–water partition coefficient (Wildman–Crippen LogP) is -0.000200. The van der Waals surface area contributed by atoms with Gasteiger partial charge in [-0.05, 0) is 14.0 Å². The van der Waals surface area contributed by atoms with Crippen LogP contribution < -0.4 is 5.32 Å². The van der Waals surface area contributed by atoms with Crippen LogP contribution in [0.3, 0.4) is 0 Å². The van der Waals surface area contributed by atoms with Gasteiger partial charge in [-0.15, -0.1) is 0 Å². The monoisotopic (exact) mass is 196 g/mol. The highest BCUT2D eigenvalue weighted by Crippen LogP contribution is 2.23. The third-order valence-electron chi connectivity index (χ3n) is 2.73. The van der Waals surface area contributed by atoms with Crippen LogP contribution in [0, 0.1) is 0 Å². The van der Waals surface area contributed by atoms with Crippen molar-refractivity contribution < 1.29 is 4.74 Å². The van der Waals surface area contributed by atoms with Gasteiger partial charge in [0.2, 0.25) is 0 Å². The van der Waals surface area contributed by atoms with E-state index in [1.807, 2.05) is 11.7 Å². The van der Waals surface area contributed by atoms with E-state index < -0.39 is 0 Å². The van der Waals surface area contributed by atoms with Crippen molar-refractivity contribution in [2.24, 2.45) is 0 Å². The molecule has 0 saturated carbocycles. The fourth-order valence-corrected chi connectivity index (χ4v) is 1.90. The standard InChI is InChI=1S/C9H16N4O/c1-3-13-9(11-6-12-13)7-4-14-5-8(7)10-2/h6-8,10H,3-5H2,1-2H3. The average Bonchev–Trinajstić information content (AvgIpc) is 2.85. The lowest BCUT2D eigenvalue weighted by Crippen LogP contribution is -2.32. The maximum Gasteiger partial charge on any atom is 0.138 e. The Morgan fingerprint density at radius 2 is 2.50 bits per heavy atom. The first-order valence-corrected chi connectivity index (χ1v) is 4.99. The van der Waals surface area contributed by atoms with Crippen molar-refractivity contribution in [2.45, 2.75) is 25.4 Å². The Bertz CT molecular complexity index is 299. The minimum Gasteiger partial charge on any atom is -0.379 e. The maximum atomic E-state index is 5.44. The number of nitrogens with one attached hydrogen (secondary N) is 1. The number of hydrogen-bond acceptors (Lipinski definition) is 4. The van der Waals surface area contributed by atoms with E-state index in [4.69, 9.17) is 4.74 Å². The topological polar surface area (TPSA) is 52.0 Å². The Hall–Kier alpha value is -0.940. The van der Waals surface area contributed by atoms with Crippen molar-refractivity contribution in [1.29, 1.82) is 0 Å². The molecule has 1 fully saturated rings. The third kappa shape index (κ3) is 1.53. The van der Waals surface area contributed by atoms with Gasteiger partial charge in [0.25, 0.3) is 0 Å². The Labute approximate surface area is 83.5 Å². The molecule has 0 aromatic carbocycles. The molecule has 1 N–H and O–H groups in total. The second-order valence-electron chi connectivity index (χ2n) is 3.47. The van der Waals surface area contributed by atoms with Crippen LogP contribution in [0.5, 0.6) is 0 Å². The highest BCUT2D eigenvalue weighted by Gasteiger charge is 2.31. The van der Waals surface area contributed by atoms with E-state index in [2.05, 4.69) is 22.3 Å². The second kappa shape index (κ2) is 4.06. The lowest BCUT2D eigenvalue weighted by atomic mass is 10.0. The summed E-state index contributed by atoms with van der Waals surface area (Å²) in [5.74, 6) is 1.37. The highest BCUT2D eigenvalue weighted by molar-refractivity contribution is 5.04. The van der Waals surface area contributed by atoms with Crippen molar-refractivity contribution >= 4 is 0 Å². The quantitative estimate of drug-likeness (QED) is 0.739. The number of rotatable bonds is 3. The Balaban J connectivity index is 2.21. The summed E-state index contributed by atoms with van der Waals surface area (Å²) in [7, 11) is 1.96. The summed E-state index contributed by atoms with van der Waals surface area (Å²) in [5.41, 5.74) is 0. The SMILES string of the molecule is CCn1ncnc1C1COCC1NC. The lowest BCUT2D eigenvalue weighted by molar-refractivity contribution is 0.187. The van der Waals surface area contributed by atoms with E-state index in [0.717, 1.165) is 25.6 Å². The van der Waals surface area contributed by atoms with E-state index in [9.17, 15) is 0 Å². The van der Waals surface area contributed by atoms with Crippen LogP contribution >= 0.6 is 0 Å². The zero-order valence-electron chi connectivity index (χ0n) is 8.60. The number of likely N-dealkylation sites (N-methyl/N-ethyl adjacent to an activating group) is 1. The molecule has 0 bridgehead atoms. The van der Waals surface area contributed by atoms with Crippen LogP contribution in [0.15, 0.2) is 6.33 Å². The first-order valence-electron chi connectivity index (χ1n) is 4.99. The van der Waals surface area contributed by atoms with Gasteiger partial charge < -0.3 is 10.1 Å². The molecule has 2 heterocycles. The Kier molecular flexibility index (Phi) is 2.79. The molecule has 2 rings (SSSR count). The molecule has 5 heteroatoms. The molecule has 2 atom stereocenters. The fraction of sp³-hybridized carbons (Fsp3) is 0.778. The smallest absolute Gasteiger partial charge is 0.138 e. The summed E-state index contributed by atoms with van der Waals surface area (Å²) in [5, 5.41) is 7.42. The van der Waals surface area contributed by atoms with Gasteiger partial charge >= 0.3 is 0 Å². The molecule has 1 aromatic heterocycles. The van der Waals surface area contributed by atoms with Crippen molar-refractivity contribution in [3.63, 3.8) is 0 Å². The van der Waals surface area contributed by atoms with Crippen LogP contribution in [0.25, 0.3) is 0 Å². The van der Waals surface area contributed by atoms with Gasteiger partial charge in [-0.1, -0.05) is 0 Å². The molecule has 0 aliphatic carbocycles. The van der Waals surface area contributed by atoms with Gasteiger partial charge in [0.15, 0.2) is 0 Å². The molecular formula is C9H16N4O. The molecule has 0 spiro atoms. The van der Waals surface area contributed by atoms with Crippen LogP contribution in [0.2, 0.25) is 0 Å². The summed E-state index contributed by atoms with van der Waals surface area (Å²) < 4.78 is 7.37. The molecule has 1 saturated heterocycles. The summed E-state index contributed by atoms with van der Waals surface area (Å²) >= 11 is 0. The summed E-state index contributed by atoms with van der Waals surface area (Å²) in [4.78, 5) is 4.30. The van der Waals surface area contributed by atoms with E-state index >= 15 is 0 Å². The van der Waals surface area contributed by atoms with Gasteiger partial charge in [0, 0.05) is 12.6 Å². The Morgan fingerprint density at radius 1 is 1.64 bits per heavy atom. The number of hydrogen-bond donors (Lipinski definition) is 1. The minimum absolute atomic E-state index is 0.336. The third-order valence-corrected chi connectivity index (χ3v) is 2.73. The van der Waals surface area contributed by atoms with Crippen molar-refractivity contribution in [3.8, 4) is 0 Å². The zero-order chi connectivity index (χ0) is 9.97. The number of aryl methyl sites for hydroxylation is 1. The number of ether oxygens (including phenoxy) is 1. The molecule has 5 nitrogen and oxygen atoms in total. The van der Waals surface area contributed by atoms with E-state index in [0.29, 0.717) is 12.0 Å². The van der Waals surface area contributed by atoms with Gasteiger partial charge in [-0.2, -0.15) is 5.10 Å². The average molecular weight is 196 g/mol. The first kappa shape index (κ1) is 9.61. The normalized spacial score (nSPS) is 27.0. The molecule has 2 unspecified atom stereocenters. The zero-order valence-corrected chi connectivity index (χ0v) is 8.60. The summed E-state index contributed by atoms with van der Waals surface area (Å²) in [6, 6.07) is 0.365. The predicted molar refractivity (Wildman–Crippen MR) is 52.1 cm³/mol. The van der Waals surface area contributed by atoms with E-state index in [1.165, 1.54) is 0 Å². The van der Waals surface area contributed by atoms with Gasteiger partial charge in [0.05, 0.1) is 19.1 Å². The van der Waals surface area contributed by atoms with E-state index in [-0.39, 0.29) is 0 Å². The van der Waals surface area contributed by atoms with Crippen molar-refractivity contribution in [2.75, 3.05) is 20.3 Å². The largest absolute Gasteiger partial charge is 0.379 e. The summed E-state index contributed by atoms with van der Waals surface area (Å²) in [6.45, 7) is 4.44. The van der Waals surface area contributed by atoms with Crippen LogP contribution in [-0.4, -0.2) is 41.1 Å². The van der Waals surface area contributed by atoms with Gasteiger partial charge in [-0.25, -0.2) is 9.67 Å². The summed E-state index contributed by atoms with van der Waals surface area (Å²) in [6.07, 6.45) is 1.61. The van der Waals surface area contributed by atoms with Crippen molar-refractivity contribution in [3.05, 3.63) is 12.2 Å². The first-order chi connectivity index (χ1) is 6.86. The maximum absolute atomic E-state index is 5.44.